The van der Waals surface area contributed by atoms with Crippen LogP contribution >= 0.6 is 0 Å². The van der Waals surface area contributed by atoms with Gasteiger partial charge in [0.15, 0.2) is 5.54 Å². The second kappa shape index (κ2) is 6.72. The molecule has 0 spiro atoms. The van der Waals surface area contributed by atoms with Crippen molar-refractivity contribution in [3.8, 4) is 0 Å². The van der Waals surface area contributed by atoms with E-state index in [1.54, 1.807) is 42.6 Å². The van der Waals surface area contributed by atoms with Crippen LogP contribution < -0.4 is 16.5 Å². The largest absolute Gasteiger partial charge is 0.479 e. The molecule has 0 bridgehead atoms. The molecule has 1 heterocycles. The van der Waals surface area contributed by atoms with Gasteiger partial charge in [0, 0.05) is 6.20 Å². The number of carbonyl (C=O) groups is 2. The molecular weight excluding hydrogens is 286 g/mol. The van der Waals surface area contributed by atoms with Gasteiger partial charge in [0.25, 0.3) is 0 Å². The zero-order valence-corrected chi connectivity index (χ0v) is 11.8. The summed E-state index contributed by atoms with van der Waals surface area (Å²) in [5.74, 6) is -1.77. The normalized spacial score (nSPS) is 15.8. The number of benzene rings is 1. The first kappa shape index (κ1) is 15.5. The Bertz CT molecular complexity index is 602. The lowest BCUT2D eigenvalue weighted by molar-refractivity contribution is -0.149. The van der Waals surface area contributed by atoms with E-state index in [0.717, 1.165) is 0 Å². The Morgan fingerprint density at radius 1 is 1.36 bits per heavy atom. The smallest absolute Gasteiger partial charge is 0.336 e. The maximum atomic E-state index is 12.0. The molecule has 0 aliphatic carbocycles. The van der Waals surface area contributed by atoms with Gasteiger partial charge in [-0.3, -0.25) is 10.2 Å². The molecule has 8 nitrogen and oxygen atoms in total. The van der Waals surface area contributed by atoms with E-state index in [4.69, 9.17) is 5.73 Å². The Hall–Kier alpha value is -2.87. The molecule has 1 aromatic carbocycles. The fraction of sp³-hybridized carbons (Fsp3) is 0.214. The molecule has 1 amide bonds. The zero-order valence-electron chi connectivity index (χ0n) is 11.8. The predicted molar refractivity (Wildman–Crippen MR) is 80.4 cm³/mol. The number of nitrogens with two attached hydrogens (primary N) is 1. The molecule has 1 aromatic rings. The van der Waals surface area contributed by atoms with Crippen molar-refractivity contribution in [3.05, 3.63) is 48.2 Å². The standard InChI is InChI=1S/C14H17N5O3/c15-9-12(20)18-14(13(21)22,11-5-2-1-3-6-11)10-19-16-7-4-8-17-19/h1-8,16H,9-10,15H2,(H,18,20)(H,21,22). The van der Waals surface area contributed by atoms with Gasteiger partial charge in [-0.25, -0.2) is 9.91 Å². The Kier molecular flexibility index (Phi) is 4.74. The number of allylic oxidation sites excluding steroid dienone is 1. The lowest BCUT2D eigenvalue weighted by atomic mass is 9.89. The first-order valence-electron chi connectivity index (χ1n) is 6.61. The van der Waals surface area contributed by atoms with Crippen molar-refractivity contribution in [2.45, 2.75) is 5.54 Å². The third-order valence-corrected chi connectivity index (χ3v) is 3.17. The van der Waals surface area contributed by atoms with Crippen LogP contribution in [0, 0.1) is 0 Å². The molecule has 116 valence electrons. The number of hydrazine groups is 1. The molecule has 2 rings (SSSR count). The molecule has 0 fully saturated rings. The number of nitrogens with zero attached hydrogens (tertiary/aromatic N) is 2. The molecule has 0 saturated carbocycles. The van der Waals surface area contributed by atoms with Gasteiger partial charge in [0.1, 0.15) is 0 Å². The molecule has 1 atom stereocenters. The lowest BCUT2D eigenvalue weighted by Gasteiger charge is -2.35. The Labute approximate surface area is 127 Å². The maximum absolute atomic E-state index is 12.0. The maximum Gasteiger partial charge on any atom is 0.336 e. The fourth-order valence-electron chi connectivity index (χ4n) is 2.09. The average molecular weight is 303 g/mol. The van der Waals surface area contributed by atoms with Crippen LogP contribution in [0.2, 0.25) is 0 Å². The Balaban J connectivity index is 2.40. The van der Waals surface area contributed by atoms with Gasteiger partial charge < -0.3 is 16.2 Å². The van der Waals surface area contributed by atoms with Gasteiger partial charge in [-0.1, -0.05) is 30.3 Å². The number of aliphatic carboxylic acids is 1. The number of nitrogens with one attached hydrogen (secondary N) is 2. The van der Waals surface area contributed by atoms with Crippen molar-refractivity contribution in [1.82, 2.24) is 15.9 Å². The third kappa shape index (κ3) is 3.23. The van der Waals surface area contributed by atoms with Crippen LogP contribution in [0.4, 0.5) is 0 Å². The van der Waals surface area contributed by atoms with E-state index in [-0.39, 0.29) is 13.1 Å². The summed E-state index contributed by atoms with van der Waals surface area (Å²) in [4.78, 5) is 23.7. The second-order valence-electron chi connectivity index (χ2n) is 4.64. The SMILES string of the molecule is NCC(=O)NC(CN1N=CC=CN1)(C(=O)O)c1ccccc1. The Morgan fingerprint density at radius 2 is 2.09 bits per heavy atom. The van der Waals surface area contributed by atoms with Gasteiger partial charge in [-0.2, -0.15) is 5.10 Å². The van der Waals surface area contributed by atoms with Crippen molar-refractivity contribution < 1.29 is 14.7 Å². The first-order valence-corrected chi connectivity index (χ1v) is 6.61. The number of hydrogen-bond donors (Lipinski definition) is 4. The third-order valence-electron chi connectivity index (χ3n) is 3.17. The summed E-state index contributed by atoms with van der Waals surface area (Å²) >= 11 is 0. The number of carboxylic acid groups (broad SMARTS) is 1. The number of hydrogen-bond acceptors (Lipinski definition) is 6. The van der Waals surface area contributed by atoms with Crippen LogP contribution in [0.5, 0.6) is 0 Å². The van der Waals surface area contributed by atoms with Crippen molar-refractivity contribution in [2.75, 3.05) is 13.1 Å². The van der Waals surface area contributed by atoms with E-state index in [2.05, 4.69) is 15.8 Å². The molecule has 0 saturated heterocycles. The number of hydrazone groups is 1. The van der Waals surface area contributed by atoms with Gasteiger partial charge in [-0.15, -0.1) is 0 Å². The summed E-state index contributed by atoms with van der Waals surface area (Å²) in [7, 11) is 0. The topological polar surface area (TPSA) is 120 Å². The number of carbonyl (C=O) groups excluding carboxylic acids is 1. The Morgan fingerprint density at radius 3 is 2.64 bits per heavy atom. The van der Waals surface area contributed by atoms with Crippen LogP contribution in [-0.2, 0) is 15.1 Å². The van der Waals surface area contributed by atoms with E-state index in [1.807, 2.05) is 0 Å². The fourth-order valence-corrected chi connectivity index (χ4v) is 2.09. The van der Waals surface area contributed by atoms with Gasteiger partial charge in [0.2, 0.25) is 5.91 Å². The van der Waals surface area contributed by atoms with Crippen molar-refractivity contribution >= 4 is 18.1 Å². The first-order chi connectivity index (χ1) is 10.6. The molecule has 1 aliphatic heterocycles. The summed E-state index contributed by atoms with van der Waals surface area (Å²) in [6.45, 7) is -0.419. The van der Waals surface area contributed by atoms with Crippen LogP contribution in [0.15, 0.2) is 47.7 Å². The highest BCUT2D eigenvalue weighted by molar-refractivity contribution is 5.89. The van der Waals surface area contributed by atoms with E-state index < -0.39 is 17.4 Å². The molecule has 1 aliphatic rings. The number of rotatable bonds is 6. The van der Waals surface area contributed by atoms with Crippen LogP contribution in [0.3, 0.4) is 0 Å². The summed E-state index contributed by atoms with van der Waals surface area (Å²) in [6, 6.07) is 8.44. The molecule has 5 N–H and O–H groups in total. The number of carboxylic acids is 1. The predicted octanol–water partition coefficient (Wildman–Crippen LogP) is -0.639. The van der Waals surface area contributed by atoms with Crippen molar-refractivity contribution in [2.24, 2.45) is 10.8 Å². The highest BCUT2D eigenvalue weighted by Crippen LogP contribution is 2.23. The van der Waals surface area contributed by atoms with E-state index in [9.17, 15) is 14.7 Å². The van der Waals surface area contributed by atoms with E-state index in [0.29, 0.717) is 5.56 Å². The lowest BCUT2D eigenvalue weighted by Crippen LogP contribution is -2.60. The van der Waals surface area contributed by atoms with Crippen molar-refractivity contribution in [3.63, 3.8) is 0 Å². The zero-order chi connectivity index (χ0) is 16.0. The number of amides is 1. The van der Waals surface area contributed by atoms with Crippen LogP contribution in [0.25, 0.3) is 0 Å². The second-order valence-corrected chi connectivity index (χ2v) is 4.64. The highest BCUT2D eigenvalue weighted by Gasteiger charge is 2.43. The molecule has 8 heteroatoms. The van der Waals surface area contributed by atoms with Crippen LogP contribution in [-0.4, -0.2) is 41.4 Å². The summed E-state index contributed by atoms with van der Waals surface area (Å²) in [6.07, 6.45) is 4.79. The van der Waals surface area contributed by atoms with Gasteiger partial charge >= 0.3 is 5.97 Å². The van der Waals surface area contributed by atoms with Crippen LogP contribution in [0.1, 0.15) is 5.56 Å². The molecule has 0 aromatic heterocycles. The average Bonchev–Trinajstić information content (AvgIpc) is 2.55. The molecule has 0 radical (unpaired) electrons. The summed E-state index contributed by atoms with van der Waals surface area (Å²) in [5.41, 5.74) is 6.87. The molecule has 22 heavy (non-hydrogen) atoms. The summed E-state index contributed by atoms with van der Waals surface area (Å²) < 4.78 is 0. The molecular formula is C14H17N5O3. The summed E-state index contributed by atoms with van der Waals surface area (Å²) in [5, 5.41) is 17.6. The van der Waals surface area contributed by atoms with E-state index in [1.165, 1.54) is 11.3 Å². The minimum absolute atomic E-state index is 0.112. The van der Waals surface area contributed by atoms with Gasteiger partial charge in [0.05, 0.1) is 19.3 Å². The quantitative estimate of drug-likeness (QED) is 0.555. The van der Waals surface area contributed by atoms with Gasteiger partial charge in [-0.05, 0) is 11.6 Å². The highest BCUT2D eigenvalue weighted by atomic mass is 16.4. The minimum Gasteiger partial charge on any atom is -0.479 e. The minimum atomic E-state index is -1.67. The monoisotopic (exact) mass is 303 g/mol. The van der Waals surface area contributed by atoms with Crippen molar-refractivity contribution in [1.29, 1.82) is 0 Å². The molecule has 1 unspecified atom stereocenters. The van der Waals surface area contributed by atoms with E-state index >= 15 is 0 Å².